The molecule has 2 atom stereocenters. The average Bonchev–Trinajstić information content (AvgIpc) is 2.83. The molecule has 3 nitrogen and oxygen atoms in total. The van der Waals surface area contributed by atoms with E-state index >= 15 is 0 Å². The highest BCUT2D eigenvalue weighted by Gasteiger charge is 2.62. The van der Waals surface area contributed by atoms with Crippen LogP contribution in [-0.2, 0) is 16.1 Å². The maximum atomic E-state index is 11.1. The Kier molecular flexibility index (Phi) is 2.96. The highest BCUT2D eigenvalue weighted by molar-refractivity contribution is 5.77. The zero-order valence-corrected chi connectivity index (χ0v) is 10.4. The Balaban J connectivity index is 2.17. The minimum atomic E-state index is -0.694. The quantitative estimate of drug-likeness (QED) is 0.871. The number of carboxylic acids is 1. The first-order chi connectivity index (χ1) is 7.98. The van der Waals surface area contributed by atoms with Gasteiger partial charge in [0.15, 0.2) is 0 Å². The summed E-state index contributed by atoms with van der Waals surface area (Å²) in [6.07, 6.45) is 0. The maximum Gasteiger partial charge on any atom is 0.307 e. The Morgan fingerprint density at radius 1 is 1.35 bits per heavy atom. The van der Waals surface area contributed by atoms with E-state index in [0.717, 1.165) is 11.1 Å². The van der Waals surface area contributed by atoms with E-state index in [1.807, 2.05) is 38.1 Å². The molecule has 92 valence electrons. The summed E-state index contributed by atoms with van der Waals surface area (Å²) in [6, 6.07) is 8.05. The highest BCUT2D eigenvalue weighted by atomic mass is 16.5. The van der Waals surface area contributed by atoms with Crippen molar-refractivity contribution < 1.29 is 14.6 Å². The number of ether oxygens (including phenoxy) is 1. The largest absolute Gasteiger partial charge is 0.481 e. The van der Waals surface area contributed by atoms with E-state index in [9.17, 15) is 4.79 Å². The van der Waals surface area contributed by atoms with Crippen LogP contribution in [-0.4, -0.2) is 18.2 Å². The van der Waals surface area contributed by atoms with Crippen LogP contribution in [0.25, 0.3) is 0 Å². The molecule has 1 saturated carbocycles. The second-order valence-corrected chi connectivity index (χ2v) is 5.29. The Hall–Kier alpha value is -1.35. The fourth-order valence-electron chi connectivity index (χ4n) is 2.71. The van der Waals surface area contributed by atoms with Crippen molar-refractivity contribution in [2.24, 2.45) is 11.3 Å². The van der Waals surface area contributed by atoms with Gasteiger partial charge in [0.05, 0.1) is 12.5 Å². The SMILES string of the molecule is COCc1ccc(C2C(C(=O)O)C2(C)C)cc1. The molecule has 1 aromatic rings. The predicted octanol–water partition coefficient (Wildman–Crippen LogP) is 2.66. The number of aliphatic carboxylic acids is 1. The zero-order valence-electron chi connectivity index (χ0n) is 10.4. The van der Waals surface area contributed by atoms with E-state index in [-0.39, 0.29) is 17.3 Å². The molecule has 1 N–H and O–H groups in total. The van der Waals surface area contributed by atoms with Crippen LogP contribution >= 0.6 is 0 Å². The van der Waals surface area contributed by atoms with Crippen molar-refractivity contribution in [3.63, 3.8) is 0 Å². The van der Waals surface area contributed by atoms with Gasteiger partial charge in [-0.15, -0.1) is 0 Å². The molecule has 0 radical (unpaired) electrons. The van der Waals surface area contributed by atoms with Crippen molar-refractivity contribution in [2.75, 3.05) is 7.11 Å². The molecule has 0 saturated heterocycles. The number of carbonyl (C=O) groups is 1. The summed E-state index contributed by atoms with van der Waals surface area (Å²) in [7, 11) is 1.67. The smallest absolute Gasteiger partial charge is 0.307 e. The lowest BCUT2D eigenvalue weighted by Gasteiger charge is -2.04. The van der Waals surface area contributed by atoms with E-state index in [1.165, 1.54) is 0 Å². The van der Waals surface area contributed by atoms with Gasteiger partial charge < -0.3 is 9.84 Å². The summed E-state index contributed by atoms with van der Waals surface area (Å²) in [4.78, 5) is 11.1. The molecule has 1 aliphatic carbocycles. The van der Waals surface area contributed by atoms with E-state index in [2.05, 4.69) is 0 Å². The van der Waals surface area contributed by atoms with Crippen molar-refractivity contribution in [3.05, 3.63) is 35.4 Å². The predicted molar refractivity (Wildman–Crippen MR) is 64.8 cm³/mol. The van der Waals surface area contributed by atoms with Gasteiger partial charge >= 0.3 is 5.97 Å². The lowest BCUT2D eigenvalue weighted by atomic mass is 10.0. The number of methoxy groups -OCH3 is 1. The monoisotopic (exact) mass is 234 g/mol. The Labute approximate surface area is 101 Å². The maximum absolute atomic E-state index is 11.1. The van der Waals surface area contributed by atoms with Crippen molar-refractivity contribution in [1.82, 2.24) is 0 Å². The van der Waals surface area contributed by atoms with E-state index < -0.39 is 5.97 Å². The van der Waals surface area contributed by atoms with Gasteiger partial charge in [0.2, 0.25) is 0 Å². The van der Waals surface area contributed by atoms with Crippen molar-refractivity contribution >= 4 is 5.97 Å². The van der Waals surface area contributed by atoms with Gasteiger partial charge in [0.25, 0.3) is 0 Å². The first-order valence-corrected chi connectivity index (χ1v) is 5.79. The standard InChI is InChI=1S/C14H18O3/c1-14(2)11(12(14)13(15)16)10-6-4-9(5-7-10)8-17-3/h4-7,11-12H,8H2,1-3H3,(H,15,16). The molecule has 3 heteroatoms. The Morgan fingerprint density at radius 3 is 2.35 bits per heavy atom. The minimum absolute atomic E-state index is 0.130. The molecule has 2 rings (SSSR count). The van der Waals surface area contributed by atoms with Gasteiger partial charge in [0, 0.05) is 13.0 Å². The van der Waals surface area contributed by atoms with Crippen LogP contribution in [0.15, 0.2) is 24.3 Å². The molecule has 0 bridgehead atoms. The van der Waals surface area contributed by atoms with Crippen LogP contribution in [0.4, 0.5) is 0 Å². The molecule has 1 aromatic carbocycles. The fraction of sp³-hybridized carbons (Fsp3) is 0.500. The number of carboxylic acid groups (broad SMARTS) is 1. The summed E-state index contributed by atoms with van der Waals surface area (Å²) >= 11 is 0. The van der Waals surface area contributed by atoms with Crippen molar-refractivity contribution in [2.45, 2.75) is 26.4 Å². The molecular weight excluding hydrogens is 216 g/mol. The van der Waals surface area contributed by atoms with Gasteiger partial charge in [-0.2, -0.15) is 0 Å². The third-order valence-electron chi connectivity index (χ3n) is 3.74. The summed E-state index contributed by atoms with van der Waals surface area (Å²) in [6.45, 7) is 4.62. The number of hydrogen-bond acceptors (Lipinski definition) is 2. The highest BCUT2D eigenvalue weighted by Crippen LogP contribution is 2.64. The topological polar surface area (TPSA) is 46.5 Å². The van der Waals surface area contributed by atoms with Crippen molar-refractivity contribution in [1.29, 1.82) is 0 Å². The molecule has 0 aliphatic heterocycles. The summed E-state index contributed by atoms with van der Waals surface area (Å²) in [5, 5.41) is 9.14. The third-order valence-corrected chi connectivity index (χ3v) is 3.74. The lowest BCUT2D eigenvalue weighted by Crippen LogP contribution is -2.03. The minimum Gasteiger partial charge on any atom is -0.481 e. The normalized spacial score (nSPS) is 25.6. The first kappa shape index (κ1) is 12.1. The third kappa shape index (κ3) is 2.07. The van der Waals surface area contributed by atoms with Gasteiger partial charge in [-0.25, -0.2) is 0 Å². The molecule has 0 aromatic heterocycles. The van der Waals surface area contributed by atoms with Crippen LogP contribution in [0.5, 0.6) is 0 Å². The van der Waals surface area contributed by atoms with Crippen LogP contribution in [0.2, 0.25) is 0 Å². The van der Waals surface area contributed by atoms with Gasteiger partial charge in [-0.3, -0.25) is 4.79 Å². The molecule has 1 fully saturated rings. The molecule has 2 unspecified atom stereocenters. The first-order valence-electron chi connectivity index (χ1n) is 5.79. The van der Waals surface area contributed by atoms with Crippen LogP contribution in [0.1, 0.15) is 30.9 Å². The Morgan fingerprint density at radius 2 is 1.94 bits per heavy atom. The fourth-order valence-corrected chi connectivity index (χ4v) is 2.71. The van der Waals surface area contributed by atoms with Crippen LogP contribution in [0.3, 0.4) is 0 Å². The van der Waals surface area contributed by atoms with E-state index in [1.54, 1.807) is 7.11 Å². The van der Waals surface area contributed by atoms with Gasteiger partial charge in [-0.1, -0.05) is 38.1 Å². The Bertz CT molecular complexity index is 420. The number of benzene rings is 1. The molecular formula is C14H18O3. The lowest BCUT2D eigenvalue weighted by molar-refractivity contribution is -0.139. The molecule has 0 amide bonds. The second kappa shape index (κ2) is 4.15. The molecule has 0 spiro atoms. The summed E-state index contributed by atoms with van der Waals surface area (Å²) < 4.78 is 5.05. The molecule has 1 aliphatic rings. The van der Waals surface area contributed by atoms with Gasteiger partial charge in [-0.05, 0) is 16.5 Å². The van der Waals surface area contributed by atoms with Crippen LogP contribution in [0, 0.1) is 11.3 Å². The number of hydrogen-bond donors (Lipinski definition) is 1. The summed E-state index contributed by atoms with van der Waals surface area (Å²) in [5.41, 5.74) is 2.10. The van der Waals surface area contributed by atoms with Crippen LogP contribution < -0.4 is 0 Å². The van der Waals surface area contributed by atoms with Gasteiger partial charge in [0.1, 0.15) is 0 Å². The molecule has 17 heavy (non-hydrogen) atoms. The molecule has 0 heterocycles. The zero-order chi connectivity index (χ0) is 12.6. The summed E-state index contributed by atoms with van der Waals surface area (Å²) in [5.74, 6) is -0.812. The van der Waals surface area contributed by atoms with E-state index in [0.29, 0.717) is 6.61 Å². The van der Waals surface area contributed by atoms with Crippen molar-refractivity contribution in [3.8, 4) is 0 Å². The number of rotatable bonds is 4. The van der Waals surface area contributed by atoms with E-state index in [4.69, 9.17) is 9.84 Å². The second-order valence-electron chi connectivity index (χ2n) is 5.29. The average molecular weight is 234 g/mol.